The maximum Gasteiger partial charge on any atom is 0.128 e. The van der Waals surface area contributed by atoms with Gasteiger partial charge in [0.05, 0.1) is 22.1 Å². The Balaban J connectivity index is 2.35. The SMILES string of the molecule is CCCNc1cc(-n2nc(C)c(Cl)c2C)ccn1. The molecule has 0 aliphatic carbocycles. The summed E-state index contributed by atoms with van der Waals surface area (Å²) in [6.07, 6.45) is 2.84. The molecule has 0 spiro atoms. The van der Waals surface area contributed by atoms with Crippen molar-refractivity contribution in [2.45, 2.75) is 27.2 Å². The van der Waals surface area contributed by atoms with Gasteiger partial charge in [0.1, 0.15) is 5.82 Å². The van der Waals surface area contributed by atoms with Gasteiger partial charge in [0.15, 0.2) is 0 Å². The molecule has 0 aliphatic heterocycles. The van der Waals surface area contributed by atoms with Crippen LogP contribution < -0.4 is 5.32 Å². The first-order valence-electron chi connectivity index (χ1n) is 6.05. The number of hydrogen-bond donors (Lipinski definition) is 1. The first-order chi connectivity index (χ1) is 8.63. The standard InChI is InChI=1S/C13H17ClN4/c1-4-6-15-12-8-11(5-7-16-12)18-10(3)13(14)9(2)17-18/h5,7-8H,4,6H2,1-3H3,(H,15,16). The lowest BCUT2D eigenvalue weighted by atomic mass is 10.3. The first-order valence-corrected chi connectivity index (χ1v) is 6.43. The van der Waals surface area contributed by atoms with E-state index in [1.165, 1.54) is 0 Å². The van der Waals surface area contributed by atoms with Crippen molar-refractivity contribution in [1.29, 1.82) is 0 Å². The van der Waals surface area contributed by atoms with Crippen LogP contribution >= 0.6 is 11.6 Å². The van der Waals surface area contributed by atoms with Gasteiger partial charge in [-0.15, -0.1) is 0 Å². The largest absolute Gasteiger partial charge is 0.370 e. The van der Waals surface area contributed by atoms with Crippen molar-refractivity contribution in [1.82, 2.24) is 14.8 Å². The number of rotatable bonds is 4. The van der Waals surface area contributed by atoms with Gasteiger partial charge in [-0.2, -0.15) is 5.10 Å². The Kier molecular flexibility index (Phi) is 3.87. The molecule has 0 radical (unpaired) electrons. The Morgan fingerprint density at radius 3 is 2.78 bits per heavy atom. The summed E-state index contributed by atoms with van der Waals surface area (Å²) in [5, 5.41) is 8.41. The molecule has 2 rings (SSSR count). The van der Waals surface area contributed by atoms with Gasteiger partial charge in [-0.05, 0) is 26.3 Å². The number of nitrogens with zero attached hydrogens (tertiary/aromatic N) is 3. The molecule has 96 valence electrons. The van der Waals surface area contributed by atoms with Crippen LogP contribution in [-0.4, -0.2) is 21.3 Å². The Bertz CT molecular complexity index is 548. The third-order valence-corrected chi connectivity index (χ3v) is 3.29. The van der Waals surface area contributed by atoms with Gasteiger partial charge < -0.3 is 5.32 Å². The number of hydrogen-bond acceptors (Lipinski definition) is 3. The average Bonchev–Trinajstić information content (AvgIpc) is 2.64. The van der Waals surface area contributed by atoms with Crippen LogP contribution in [0.25, 0.3) is 5.69 Å². The molecule has 0 bridgehead atoms. The Hall–Kier alpha value is -1.55. The quantitative estimate of drug-likeness (QED) is 0.921. The number of anilines is 1. The Labute approximate surface area is 112 Å². The van der Waals surface area contributed by atoms with Crippen LogP contribution in [0.2, 0.25) is 5.02 Å². The minimum atomic E-state index is 0.717. The van der Waals surface area contributed by atoms with E-state index in [1.54, 1.807) is 6.20 Å². The minimum absolute atomic E-state index is 0.717. The average molecular weight is 265 g/mol. The highest BCUT2D eigenvalue weighted by Crippen LogP contribution is 2.22. The van der Waals surface area contributed by atoms with Crippen molar-refractivity contribution in [2.75, 3.05) is 11.9 Å². The van der Waals surface area contributed by atoms with Gasteiger partial charge in [0.25, 0.3) is 0 Å². The molecule has 0 saturated heterocycles. The van der Waals surface area contributed by atoms with Crippen molar-refractivity contribution in [3.8, 4) is 5.69 Å². The van der Waals surface area contributed by atoms with Gasteiger partial charge in [-0.1, -0.05) is 18.5 Å². The fraction of sp³-hybridized carbons (Fsp3) is 0.385. The summed E-state index contributed by atoms with van der Waals surface area (Å²) in [4.78, 5) is 4.28. The number of nitrogens with one attached hydrogen (secondary N) is 1. The van der Waals surface area contributed by atoms with Crippen molar-refractivity contribution in [3.05, 3.63) is 34.7 Å². The third kappa shape index (κ3) is 2.48. The fourth-order valence-electron chi connectivity index (χ4n) is 1.78. The second kappa shape index (κ2) is 5.40. The second-order valence-corrected chi connectivity index (χ2v) is 4.60. The summed E-state index contributed by atoms with van der Waals surface area (Å²) in [6, 6.07) is 3.90. The number of halogens is 1. The van der Waals surface area contributed by atoms with Crippen LogP contribution in [0.5, 0.6) is 0 Å². The van der Waals surface area contributed by atoms with Gasteiger partial charge in [0, 0.05) is 18.8 Å². The highest BCUT2D eigenvalue weighted by molar-refractivity contribution is 6.31. The molecular formula is C13H17ClN4. The zero-order chi connectivity index (χ0) is 13.1. The van der Waals surface area contributed by atoms with Crippen LogP contribution in [0.4, 0.5) is 5.82 Å². The molecule has 0 fully saturated rings. The van der Waals surface area contributed by atoms with E-state index in [1.807, 2.05) is 30.7 Å². The summed E-state index contributed by atoms with van der Waals surface area (Å²) < 4.78 is 1.84. The third-order valence-electron chi connectivity index (χ3n) is 2.75. The summed E-state index contributed by atoms with van der Waals surface area (Å²) in [7, 11) is 0. The molecule has 0 amide bonds. The lowest BCUT2D eigenvalue weighted by Crippen LogP contribution is -2.04. The van der Waals surface area contributed by atoms with E-state index >= 15 is 0 Å². The van der Waals surface area contributed by atoms with E-state index in [-0.39, 0.29) is 0 Å². The zero-order valence-electron chi connectivity index (χ0n) is 10.9. The Morgan fingerprint density at radius 2 is 2.17 bits per heavy atom. The molecule has 0 unspecified atom stereocenters. The molecule has 2 aromatic heterocycles. The van der Waals surface area contributed by atoms with E-state index in [4.69, 9.17) is 11.6 Å². The monoisotopic (exact) mass is 264 g/mol. The topological polar surface area (TPSA) is 42.7 Å². The van der Waals surface area contributed by atoms with Gasteiger partial charge in [-0.3, -0.25) is 0 Å². The molecule has 5 heteroatoms. The van der Waals surface area contributed by atoms with Crippen LogP contribution in [0.3, 0.4) is 0 Å². The maximum absolute atomic E-state index is 6.16. The predicted molar refractivity (Wildman–Crippen MR) is 74.6 cm³/mol. The smallest absolute Gasteiger partial charge is 0.128 e. The maximum atomic E-state index is 6.16. The molecule has 0 atom stereocenters. The summed E-state index contributed by atoms with van der Waals surface area (Å²) in [5.41, 5.74) is 2.76. The van der Waals surface area contributed by atoms with Gasteiger partial charge in [-0.25, -0.2) is 9.67 Å². The molecule has 4 nitrogen and oxygen atoms in total. The van der Waals surface area contributed by atoms with Gasteiger partial charge >= 0.3 is 0 Å². The van der Waals surface area contributed by atoms with Crippen molar-refractivity contribution < 1.29 is 0 Å². The number of aryl methyl sites for hydroxylation is 1. The van der Waals surface area contributed by atoms with E-state index in [0.717, 1.165) is 40.9 Å². The first kappa shape index (κ1) is 12.9. The molecular weight excluding hydrogens is 248 g/mol. The normalized spacial score (nSPS) is 10.7. The van der Waals surface area contributed by atoms with E-state index in [2.05, 4.69) is 22.3 Å². The molecule has 0 saturated carbocycles. The lowest BCUT2D eigenvalue weighted by molar-refractivity contribution is 0.831. The molecule has 2 aromatic rings. The van der Waals surface area contributed by atoms with E-state index in [9.17, 15) is 0 Å². The van der Waals surface area contributed by atoms with Crippen LogP contribution in [0, 0.1) is 13.8 Å². The number of pyridine rings is 1. The van der Waals surface area contributed by atoms with E-state index in [0.29, 0.717) is 0 Å². The summed E-state index contributed by atoms with van der Waals surface area (Å²) >= 11 is 6.16. The van der Waals surface area contributed by atoms with Crippen LogP contribution in [0.1, 0.15) is 24.7 Å². The van der Waals surface area contributed by atoms with Crippen molar-refractivity contribution in [2.24, 2.45) is 0 Å². The molecule has 18 heavy (non-hydrogen) atoms. The minimum Gasteiger partial charge on any atom is -0.370 e. The van der Waals surface area contributed by atoms with Crippen LogP contribution in [0.15, 0.2) is 18.3 Å². The zero-order valence-corrected chi connectivity index (χ0v) is 11.6. The van der Waals surface area contributed by atoms with Crippen LogP contribution in [-0.2, 0) is 0 Å². The summed E-state index contributed by atoms with van der Waals surface area (Å²) in [5.74, 6) is 0.859. The fourth-order valence-corrected chi connectivity index (χ4v) is 1.89. The molecule has 0 aliphatic rings. The highest BCUT2D eigenvalue weighted by atomic mass is 35.5. The second-order valence-electron chi connectivity index (χ2n) is 4.22. The Morgan fingerprint density at radius 1 is 1.39 bits per heavy atom. The van der Waals surface area contributed by atoms with Crippen molar-refractivity contribution in [3.63, 3.8) is 0 Å². The molecule has 1 N–H and O–H groups in total. The lowest BCUT2D eigenvalue weighted by Gasteiger charge is -2.07. The predicted octanol–water partition coefficient (Wildman–Crippen LogP) is 3.36. The number of aromatic nitrogens is 3. The molecule has 2 heterocycles. The van der Waals surface area contributed by atoms with Gasteiger partial charge in [0.2, 0.25) is 0 Å². The highest BCUT2D eigenvalue weighted by Gasteiger charge is 2.10. The summed E-state index contributed by atoms with van der Waals surface area (Å²) in [6.45, 7) is 6.90. The molecule has 0 aromatic carbocycles. The van der Waals surface area contributed by atoms with Crippen molar-refractivity contribution >= 4 is 17.4 Å². The van der Waals surface area contributed by atoms with E-state index < -0.39 is 0 Å².